The summed E-state index contributed by atoms with van der Waals surface area (Å²) in [7, 11) is 2.19. The Hall–Kier alpha value is -1.64. The van der Waals surface area contributed by atoms with Gasteiger partial charge < -0.3 is 5.32 Å². The van der Waals surface area contributed by atoms with Crippen LogP contribution in [0, 0.1) is 0 Å². The highest BCUT2D eigenvalue weighted by atomic mass is 15.1. The van der Waals surface area contributed by atoms with E-state index < -0.39 is 0 Å². The molecule has 0 amide bonds. The van der Waals surface area contributed by atoms with Gasteiger partial charge in [0.1, 0.15) is 0 Å². The number of nitrogens with zero attached hydrogens (tertiary/aromatic N) is 1. The van der Waals surface area contributed by atoms with Gasteiger partial charge in [0.2, 0.25) is 0 Å². The summed E-state index contributed by atoms with van der Waals surface area (Å²) in [5, 5.41) is 3.45. The summed E-state index contributed by atoms with van der Waals surface area (Å²) in [4.78, 5) is 2.37. The van der Waals surface area contributed by atoms with E-state index in [4.69, 9.17) is 0 Å². The van der Waals surface area contributed by atoms with Crippen molar-refractivity contribution in [2.24, 2.45) is 0 Å². The largest absolute Gasteiger partial charge is 0.312 e. The van der Waals surface area contributed by atoms with Crippen LogP contribution in [0.4, 0.5) is 0 Å². The SMILES string of the molecule is CN(Cc1ccccc1)Cc1ccc2c(c1)CNCC2. The summed E-state index contributed by atoms with van der Waals surface area (Å²) in [6.07, 6.45) is 1.16. The van der Waals surface area contributed by atoms with Crippen molar-refractivity contribution in [1.29, 1.82) is 0 Å². The Labute approximate surface area is 121 Å². The predicted octanol–water partition coefficient (Wildman–Crippen LogP) is 2.96. The standard InChI is InChI=1S/C18H22N2/c1-20(13-15-5-3-2-4-6-15)14-16-7-8-17-9-10-19-12-18(17)11-16/h2-8,11,19H,9-10,12-14H2,1H3. The molecule has 1 aliphatic heterocycles. The molecule has 0 radical (unpaired) electrons. The van der Waals surface area contributed by atoms with Crippen molar-refractivity contribution in [1.82, 2.24) is 10.2 Å². The van der Waals surface area contributed by atoms with E-state index in [2.05, 4.69) is 65.8 Å². The molecule has 1 aliphatic rings. The molecular weight excluding hydrogens is 244 g/mol. The first-order valence-electron chi connectivity index (χ1n) is 7.35. The fraction of sp³-hybridized carbons (Fsp3) is 0.333. The van der Waals surface area contributed by atoms with E-state index in [1.807, 2.05) is 0 Å². The van der Waals surface area contributed by atoms with Crippen LogP contribution < -0.4 is 5.32 Å². The Morgan fingerprint density at radius 3 is 2.60 bits per heavy atom. The average Bonchev–Trinajstić information content (AvgIpc) is 2.48. The second-order valence-corrected chi connectivity index (χ2v) is 5.69. The lowest BCUT2D eigenvalue weighted by Gasteiger charge is -2.21. The van der Waals surface area contributed by atoms with Crippen LogP contribution in [0.15, 0.2) is 48.5 Å². The van der Waals surface area contributed by atoms with Crippen molar-refractivity contribution in [3.8, 4) is 0 Å². The Balaban J connectivity index is 1.65. The number of hydrogen-bond donors (Lipinski definition) is 1. The van der Waals surface area contributed by atoms with Gasteiger partial charge in [-0.25, -0.2) is 0 Å². The average molecular weight is 266 g/mol. The quantitative estimate of drug-likeness (QED) is 0.915. The Kier molecular flexibility index (Phi) is 4.14. The molecule has 0 atom stereocenters. The van der Waals surface area contributed by atoms with Gasteiger partial charge in [0.25, 0.3) is 0 Å². The first-order valence-corrected chi connectivity index (χ1v) is 7.35. The second-order valence-electron chi connectivity index (χ2n) is 5.69. The molecule has 2 heteroatoms. The van der Waals surface area contributed by atoms with Crippen LogP contribution in [0.2, 0.25) is 0 Å². The van der Waals surface area contributed by atoms with Crippen molar-refractivity contribution in [2.75, 3.05) is 13.6 Å². The molecule has 2 aromatic carbocycles. The van der Waals surface area contributed by atoms with E-state index in [1.54, 1.807) is 0 Å². The van der Waals surface area contributed by atoms with Crippen LogP contribution in [0.1, 0.15) is 22.3 Å². The summed E-state index contributed by atoms with van der Waals surface area (Å²) in [6, 6.07) is 17.6. The number of benzene rings is 2. The maximum Gasteiger partial charge on any atom is 0.0234 e. The Morgan fingerprint density at radius 1 is 0.950 bits per heavy atom. The lowest BCUT2D eigenvalue weighted by Crippen LogP contribution is -2.24. The molecule has 0 aliphatic carbocycles. The van der Waals surface area contributed by atoms with Crippen molar-refractivity contribution in [3.63, 3.8) is 0 Å². The van der Waals surface area contributed by atoms with E-state index in [-0.39, 0.29) is 0 Å². The minimum atomic E-state index is 0.996. The third-order valence-corrected chi connectivity index (χ3v) is 3.91. The molecule has 2 nitrogen and oxygen atoms in total. The van der Waals surface area contributed by atoms with Crippen LogP contribution in [-0.4, -0.2) is 18.5 Å². The molecule has 0 fully saturated rings. The topological polar surface area (TPSA) is 15.3 Å². The van der Waals surface area contributed by atoms with Crippen molar-refractivity contribution in [3.05, 3.63) is 70.8 Å². The zero-order chi connectivity index (χ0) is 13.8. The highest BCUT2D eigenvalue weighted by Gasteiger charge is 2.09. The highest BCUT2D eigenvalue weighted by Crippen LogP contribution is 2.17. The second kappa shape index (κ2) is 6.21. The van der Waals surface area contributed by atoms with Crippen LogP contribution in [0.3, 0.4) is 0 Å². The number of fused-ring (bicyclic) bond motifs is 1. The van der Waals surface area contributed by atoms with Crippen LogP contribution in [-0.2, 0) is 26.1 Å². The summed E-state index contributed by atoms with van der Waals surface area (Å²) in [5.74, 6) is 0. The third-order valence-electron chi connectivity index (χ3n) is 3.91. The smallest absolute Gasteiger partial charge is 0.0234 e. The van der Waals surface area contributed by atoms with Gasteiger partial charge in [0, 0.05) is 19.6 Å². The number of nitrogens with one attached hydrogen (secondary N) is 1. The Morgan fingerprint density at radius 2 is 1.75 bits per heavy atom. The normalized spacial score (nSPS) is 14.3. The molecular formula is C18H22N2. The zero-order valence-electron chi connectivity index (χ0n) is 12.1. The van der Waals surface area contributed by atoms with Crippen molar-refractivity contribution >= 4 is 0 Å². The van der Waals surface area contributed by atoms with Crippen LogP contribution >= 0.6 is 0 Å². The van der Waals surface area contributed by atoms with Gasteiger partial charge in [-0.1, -0.05) is 48.5 Å². The third kappa shape index (κ3) is 3.27. The molecule has 104 valence electrons. The van der Waals surface area contributed by atoms with E-state index in [0.717, 1.165) is 32.6 Å². The molecule has 1 heterocycles. The molecule has 0 bridgehead atoms. The van der Waals surface area contributed by atoms with Gasteiger partial charge in [-0.3, -0.25) is 4.90 Å². The maximum atomic E-state index is 3.45. The molecule has 0 saturated carbocycles. The van der Waals surface area contributed by atoms with E-state index in [9.17, 15) is 0 Å². The molecule has 3 rings (SSSR count). The summed E-state index contributed by atoms with van der Waals surface area (Å²) in [6.45, 7) is 4.13. The molecule has 2 aromatic rings. The van der Waals surface area contributed by atoms with Crippen LogP contribution in [0.25, 0.3) is 0 Å². The fourth-order valence-electron chi connectivity index (χ4n) is 2.89. The first-order chi connectivity index (χ1) is 9.81. The monoisotopic (exact) mass is 266 g/mol. The summed E-state index contributed by atoms with van der Waals surface area (Å²) >= 11 is 0. The summed E-state index contributed by atoms with van der Waals surface area (Å²) in [5.41, 5.74) is 5.76. The van der Waals surface area contributed by atoms with E-state index in [0.29, 0.717) is 0 Å². The van der Waals surface area contributed by atoms with Crippen molar-refractivity contribution < 1.29 is 0 Å². The minimum Gasteiger partial charge on any atom is -0.312 e. The molecule has 0 spiro atoms. The lowest BCUT2D eigenvalue weighted by atomic mass is 9.98. The molecule has 0 aromatic heterocycles. The first kappa shape index (κ1) is 13.3. The van der Waals surface area contributed by atoms with E-state index in [1.165, 1.54) is 22.3 Å². The summed E-state index contributed by atoms with van der Waals surface area (Å²) < 4.78 is 0. The molecule has 0 saturated heterocycles. The van der Waals surface area contributed by atoms with E-state index >= 15 is 0 Å². The lowest BCUT2D eigenvalue weighted by molar-refractivity contribution is 0.319. The van der Waals surface area contributed by atoms with Gasteiger partial charge in [0.05, 0.1) is 0 Å². The fourth-order valence-corrected chi connectivity index (χ4v) is 2.89. The number of rotatable bonds is 4. The maximum absolute atomic E-state index is 3.45. The van der Waals surface area contributed by atoms with Crippen molar-refractivity contribution in [2.45, 2.75) is 26.1 Å². The van der Waals surface area contributed by atoms with Crippen LogP contribution in [0.5, 0.6) is 0 Å². The zero-order valence-corrected chi connectivity index (χ0v) is 12.1. The van der Waals surface area contributed by atoms with Gasteiger partial charge in [-0.2, -0.15) is 0 Å². The van der Waals surface area contributed by atoms with Gasteiger partial charge in [0.15, 0.2) is 0 Å². The van der Waals surface area contributed by atoms with Gasteiger partial charge in [-0.05, 0) is 42.3 Å². The van der Waals surface area contributed by atoms with Gasteiger partial charge in [-0.15, -0.1) is 0 Å². The predicted molar refractivity (Wildman–Crippen MR) is 83.5 cm³/mol. The molecule has 0 unspecified atom stereocenters. The molecule has 20 heavy (non-hydrogen) atoms. The Bertz CT molecular complexity index is 563. The number of hydrogen-bond acceptors (Lipinski definition) is 2. The van der Waals surface area contributed by atoms with Gasteiger partial charge >= 0.3 is 0 Å². The minimum absolute atomic E-state index is 0.996. The molecule has 1 N–H and O–H groups in total. The highest BCUT2D eigenvalue weighted by molar-refractivity contribution is 5.33.